The van der Waals surface area contributed by atoms with E-state index in [1.54, 1.807) is 48.9 Å². The summed E-state index contributed by atoms with van der Waals surface area (Å²) in [6.45, 7) is 1.90. The minimum absolute atomic E-state index is 0.119. The van der Waals surface area contributed by atoms with Gasteiger partial charge in [0.05, 0.1) is 34.6 Å². The summed E-state index contributed by atoms with van der Waals surface area (Å²) >= 11 is 4.79. The van der Waals surface area contributed by atoms with Crippen LogP contribution in [0.3, 0.4) is 0 Å². The molecule has 0 radical (unpaired) electrons. The summed E-state index contributed by atoms with van der Waals surface area (Å²) in [6, 6.07) is 11.8. The van der Waals surface area contributed by atoms with Crippen molar-refractivity contribution in [3.8, 4) is 0 Å². The van der Waals surface area contributed by atoms with Crippen molar-refractivity contribution in [2.75, 3.05) is 55.1 Å². The number of sulfonamides is 1. The number of aromatic nitrogens is 4. The van der Waals surface area contributed by atoms with E-state index >= 15 is 0 Å². The van der Waals surface area contributed by atoms with Crippen LogP contribution in [0.25, 0.3) is 0 Å². The van der Waals surface area contributed by atoms with Gasteiger partial charge in [-0.15, -0.1) is 11.8 Å². The van der Waals surface area contributed by atoms with Gasteiger partial charge in [-0.3, -0.25) is 4.79 Å². The van der Waals surface area contributed by atoms with Gasteiger partial charge in [-0.2, -0.15) is 9.29 Å². The Bertz CT molecular complexity index is 1630. The van der Waals surface area contributed by atoms with Crippen LogP contribution in [0.4, 0.5) is 23.1 Å². The second-order valence-corrected chi connectivity index (χ2v) is 12.8. The third kappa shape index (κ3) is 7.28. The Morgan fingerprint density at radius 3 is 2.60 bits per heavy atom. The Kier molecular flexibility index (Phi) is 9.74. The number of nitrogens with one attached hydrogen (secondary N) is 4. The predicted molar refractivity (Wildman–Crippen MR) is 166 cm³/mol. The highest BCUT2D eigenvalue weighted by Crippen LogP contribution is 2.29. The van der Waals surface area contributed by atoms with Gasteiger partial charge in [0, 0.05) is 60.3 Å². The van der Waals surface area contributed by atoms with Crippen molar-refractivity contribution in [1.29, 1.82) is 0 Å². The summed E-state index contributed by atoms with van der Waals surface area (Å²) in [5, 5.41) is 9.28. The van der Waals surface area contributed by atoms with Gasteiger partial charge in [0.25, 0.3) is 5.91 Å². The van der Waals surface area contributed by atoms with E-state index in [0.717, 1.165) is 22.3 Å². The molecule has 5 rings (SSSR count). The van der Waals surface area contributed by atoms with E-state index in [1.807, 2.05) is 12.5 Å². The zero-order valence-electron chi connectivity index (χ0n) is 22.6. The molecule has 220 valence electrons. The number of amides is 1. The number of anilines is 4. The van der Waals surface area contributed by atoms with E-state index in [-0.39, 0.29) is 23.5 Å². The molecule has 2 aromatic heterocycles. The Balaban J connectivity index is 1.23. The number of hydrogen-bond donors (Lipinski definition) is 4. The number of carbonyl (C=O) groups is 1. The number of carbonyl (C=O) groups excluding carboxylic acids is 1. The number of halogens is 1. The monoisotopic (exact) mass is 672 g/mol. The summed E-state index contributed by atoms with van der Waals surface area (Å²) in [4.78, 5) is 29.8. The fourth-order valence-corrected chi connectivity index (χ4v) is 7.07. The molecule has 1 aliphatic rings. The van der Waals surface area contributed by atoms with Gasteiger partial charge in [0.2, 0.25) is 16.0 Å². The van der Waals surface area contributed by atoms with Crippen LogP contribution in [0.1, 0.15) is 16.1 Å². The Morgan fingerprint density at radius 2 is 1.88 bits per heavy atom. The molecule has 1 fully saturated rings. The zero-order valence-corrected chi connectivity index (χ0v) is 25.9. The average molecular weight is 674 g/mol. The van der Waals surface area contributed by atoms with Gasteiger partial charge in [-0.05, 0) is 64.7 Å². The van der Waals surface area contributed by atoms with E-state index in [4.69, 9.17) is 4.74 Å². The van der Waals surface area contributed by atoms with Crippen molar-refractivity contribution in [1.82, 2.24) is 24.2 Å². The maximum absolute atomic E-state index is 13.3. The molecule has 15 heteroatoms. The van der Waals surface area contributed by atoms with Crippen molar-refractivity contribution >= 4 is 66.8 Å². The number of ether oxygens (including phenoxy) is 1. The van der Waals surface area contributed by atoms with Crippen LogP contribution >= 0.6 is 27.7 Å². The molecule has 3 heterocycles. The fourth-order valence-electron chi connectivity index (χ4n) is 4.20. The summed E-state index contributed by atoms with van der Waals surface area (Å²) < 4.78 is 34.1. The Labute approximate surface area is 256 Å². The first-order valence-electron chi connectivity index (χ1n) is 13.0. The first-order chi connectivity index (χ1) is 20.3. The topological polar surface area (TPSA) is 154 Å². The third-order valence-electron chi connectivity index (χ3n) is 6.39. The number of nitrogens with zero attached hydrogens (tertiary/aromatic N) is 4. The number of morpholine rings is 1. The molecule has 4 N–H and O–H groups in total. The lowest BCUT2D eigenvalue weighted by molar-refractivity contribution is 0.0729. The third-order valence-corrected chi connectivity index (χ3v) is 9.83. The smallest absolute Gasteiger partial charge is 0.255 e. The lowest BCUT2D eigenvalue weighted by Gasteiger charge is -2.27. The SMILES string of the molecule is CSc1ccc(C(=O)Nc2ccc(Nc3ncc(Br)c(NCCc4c[nH]cn4)n3)cc2)cc1S(=O)(=O)N1CCOCC1. The number of thioether (sulfide) groups is 1. The summed E-state index contributed by atoms with van der Waals surface area (Å²) in [5.41, 5.74) is 2.47. The molecular weight excluding hydrogens is 644 g/mol. The van der Waals surface area contributed by atoms with E-state index in [2.05, 4.69) is 51.8 Å². The predicted octanol–water partition coefficient (Wildman–Crippen LogP) is 4.36. The van der Waals surface area contributed by atoms with Crippen molar-refractivity contribution in [3.05, 3.63) is 76.9 Å². The fraction of sp³-hybridized carbons (Fsp3) is 0.259. The van der Waals surface area contributed by atoms with Crippen LogP contribution in [0, 0.1) is 0 Å². The molecule has 0 unspecified atom stereocenters. The van der Waals surface area contributed by atoms with E-state index in [1.165, 1.54) is 22.1 Å². The molecular formula is C27H29BrN8O4S2. The quantitative estimate of drug-likeness (QED) is 0.169. The van der Waals surface area contributed by atoms with Crippen LogP contribution < -0.4 is 16.0 Å². The van der Waals surface area contributed by atoms with Gasteiger partial charge in [-0.25, -0.2) is 18.4 Å². The minimum Gasteiger partial charge on any atom is -0.379 e. The second-order valence-electron chi connectivity index (χ2n) is 9.17. The Hall–Kier alpha value is -3.50. The maximum atomic E-state index is 13.3. The number of aromatic amines is 1. The van der Waals surface area contributed by atoms with E-state index < -0.39 is 15.9 Å². The minimum atomic E-state index is -3.77. The molecule has 2 aromatic carbocycles. The van der Waals surface area contributed by atoms with Crippen LogP contribution in [0.15, 0.2) is 75.4 Å². The van der Waals surface area contributed by atoms with E-state index in [0.29, 0.717) is 42.1 Å². The molecule has 0 atom stereocenters. The van der Waals surface area contributed by atoms with Gasteiger partial charge in [0.15, 0.2) is 0 Å². The lowest BCUT2D eigenvalue weighted by Crippen LogP contribution is -2.40. The molecule has 0 saturated carbocycles. The molecule has 12 nitrogen and oxygen atoms in total. The van der Waals surface area contributed by atoms with Crippen molar-refractivity contribution in [2.45, 2.75) is 16.2 Å². The van der Waals surface area contributed by atoms with Crippen molar-refractivity contribution in [2.24, 2.45) is 0 Å². The second kappa shape index (κ2) is 13.6. The molecule has 1 saturated heterocycles. The van der Waals surface area contributed by atoms with Crippen molar-refractivity contribution in [3.63, 3.8) is 0 Å². The van der Waals surface area contributed by atoms with Crippen LogP contribution in [-0.2, 0) is 21.2 Å². The summed E-state index contributed by atoms with van der Waals surface area (Å²) in [6.07, 6.45) is 7.71. The van der Waals surface area contributed by atoms with Crippen LogP contribution in [0.5, 0.6) is 0 Å². The first kappa shape index (κ1) is 30.0. The lowest BCUT2D eigenvalue weighted by atomic mass is 10.2. The molecule has 4 aromatic rings. The number of imidazole rings is 1. The number of rotatable bonds is 11. The zero-order chi connectivity index (χ0) is 29.5. The first-order valence-corrected chi connectivity index (χ1v) is 16.5. The van der Waals surface area contributed by atoms with Crippen molar-refractivity contribution < 1.29 is 17.9 Å². The van der Waals surface area contributed by atoms with Crippen LogP contribution in [0.2, 0.25) is 0 Å². The van der Waals surface area contributed by atoms with Crippen LogP contribution in [-0.4, -0.2) is 77.7 Å². The summed E-state index contributed by atoms with van der Waals surface area (Å²) in [7, 11) is -3.77. The maximum Gasteiger partial charge on any atom is 0.255 e. The normalized spacial score (nSPS) is 14.0. The Morgan fingerprint density at radius 1 is 1.12 bits per heavy atom. The molecule has 1 aliphatic heterocycles. The van der Waals surface area contributed by atoms with Gasteiger partial charge >= 0.3 is 0 Å². The number of benzene rings is 2. The molecule has 42 heavy (non-hydrogen) atoms. The molecule has 0 spiro atoms. The highest BCUT2D eigenvalue weighted by atomic mass is 79.9. The van der Waals surface area contributed by atoms with Gasteiger partial charge in [-0.1, -0.05) is 0 Å². The number of hydrogen-bond acceptors (Lipinski definition) is 10. The summed E-state index contributed by atoms with van der Waals surface area (Å²) in [5.74, 6) is 0.637. The largest absolute Gasteiger partial charge is 0.379 e. The highest BCUT2D eigenvalue weighted by Gasteiger charge is 2.29. The van der Waals surface area contributed by atoms with Gasteiger partial charge in [0.1, 0.15) is 5.82 Å². The van der Waals surface area contributed by atoms with E-state index in [9.17, 15) is 13.2 Å². The number of H-pyrrole nitrogens is 1. The highest BCUT2D eigenvalue weighted by molar-refractivity contribution is 9.10. The van der Waals surface area contributed by atoms with Gasteiger partial charge < -0.3 is 25.7 Å². The standard InChI is InChI=1S/C27H29BrN8O4S2/c1-41-23-7-2-18(14-24(23)42(38,39)36-10-12-40-13-11-36)26(37)33-19-3-5-20(6-4-19)34-27-31-16-22(28)25(35-27)30-9-8-21-15-29-17-32-21/h2-7,14-17H,8-13H2,1H3,(H,29,32)(H,33,37)(H2,30,31,34,35). The molecule has 0 bridgehead atoms. The average Bonchev–Trinajstić information content (AvgIpc) is 3.53. The molecule has 0 aliphatic carbocycles. The molecule has 1 amide bonds.